The summed E-state index contributed by atoms with van der Waals surface area (Å²) in [6.45, 7) is 6.42. The molecule has 0 radical (unpaired) electrons. The molecule has 0 fully saturated rings. The third kappa shape index (κ3) is 13.5. The van der Waals surface area contributed by atoms with Crippen molar-refractivity contribution in [2.75, 3.05) is 90.9 Å². The minimum absolute atomic E-state index is 0.540. The van der Waals surface area contributed by atoms with E-state index in [0.717, 1.165) is 12.4 Å². The lowest BCUT2D eigenvalue weighted by molar-refractivity contribution is -0.00951. The van der Waals surface area contributed by atoms with E-state index in [4.69, 9.17) is 29.4 Å². The van der Waals surface area contributed by atoms with E-state index in [1.54, 1.807) is 0 Å². The van der Waals surface area contributed by atoms with Crippen molar-refractivity contribution in [2.45, 2.75) is 0 Å². The Balaban J connectivity index is 1.36. The van der Waals surface area contributed by atoms with Crippen molar-refractivity contribution in [2.24, 2.45) is 5.73 Å². The van der Waals surface area contributed by atoms with E-state index in [2.05, 4.69) is 17.9 Å². The Bertz CT molecular complexity index is 630. The Hall–Kier alpha value is 1.43. The van der Waals surface area contributed by atoms with E-state index in [0.29, 0.717) is 66.0 Å². The van der Waals surface area contributed by atoms with E-state index in [1.165, 1.54) is 21.2 Å². The highest BCUT2D eigenvalue weighted by molar-refractivity contribution is 8.43. The highest BCUT2D eigenvalue weighted by Gasteiger charge is 2.26. The highest BCUT2D eigenvalue weighted by Crippen LogP contribution is 2.62. The molecule has 0 aromatic heterocycles. The zero-order valence-corrected chi connectivity index (χ0v) is 24.8. The predicted octanol–water partition coefficient (Wildman–Crippen LogP) is 5.50. The fourth-order valence-electron chi connectivity index (χ4n) is 2.27. The maximum Gasteiger partial charge on any atom is 0.0717 e. The van der Waals surface area contributed by atoms with Crippen LogP contribution < -0.4 is 5.73 Å². The maximum absolute atomic E-state index is 5.68. The summed E-state index contributed by atoms with van der Waals surface area (Å²) in [7, 11) is 0. The third-order valence-corrected chi connectivity index (χ3v) is 13.2. The van der Waals surface area contributed by atoms with Crippen molar-refractivity contribution in [3.63, 3.8) is 0 Å². The first-order valence-corrected chi connectivity index (χ1v) is 17.2. The van der Waals surface area contributed by atoms with Crippen molar-refractivity contribution in [1.82, 2.24) is 0 Å². The van der Waals surface area contributed by atoms with Gasteiger partial charge in [-0.05, 0) is 17.9 Å². The first kappa shape index (κ1) is 30.7. The van der Waals surface area contributed by atoms with E-state index in [-0.39, 0.29) is 0 Å². The second-order valence-corrected chi connectivity index (χ2v) is 14.2. The molecule has 2 rings (SSSR count). The van der Waals surface area contributed by atoms with Gasteiger partial charge >= 0.3 is 0 Å². The zero-order valence-electron chi connectivity index (χ0n) is 19.0. The fourth-order valence-corrected chi connectivity index (χ4v) is 11.2. The van der Waals surface area contributed by atoms with Crippen LogP contribution in [-0.4, -0.2) is 90.9 Å². The number of thioether (sulfide) groups is 7. The molecule has 0 spiro atoms. The van der Waals surface area contributed by atoms with Crippen molar-refractivity contribution in [1.29, 1.82) is 0 Å². The van der Waals surface area contributed by atoms with Gasteiger partial charge in [0.15, 0.2) is 0 Å². The van der Waals surface area contributed by atoms with Crippen LogP contribution in [0.2, 0.25) is 0 Å². The van der Waals surface area contributed by atoms with Crippen LogP contribution in [0.4, 0.5) is 0 Å². The van der Waals surface area contributed by atoms with Crippen LogP contribution in [0.5, 0.6) is 0 Å². The SMILES string of the molecule is CSC1=C(SC)SC(=C2SC=C(SCCOCCOCCOCCOCCOCCN)S2)S1. The molecule has 190 valence electrons. The standard InChI is InChI=1S/C20H33NO5S7/c1-27-17-18(28-2)33-20(32-17)19-30-15-16(31-19)29-14-13-26-12-11-25-10-9-24-8-7-23-6-5-22-4-3-21/h15H,3-14,21H2,1-2H3. The molecule has 0 unspecified atom stereocenters. The Labute approximate surface area is 227 Å². The number of nitrogens with two attached hydrogens (primary N) is 1. The smallest absolute Gasteiger partial charge is 0.0717 e. The van der Waals surface area contributed by atoms with Crippen LogP contribution in [0.3, 0.4) is 0 Å². The molecule has 0 aromatic rings. The van der Waals surface area contributed by atoms with Crippen LogP contribution in [0.15, 0.2) is 26.6 Å². The van der Waals surface area contributed by atoms with Crippen molar-refractivity contribution >= 4 is 82.3 Å². The highest BCUT2D eigenvalue weighted by atomic mass is 32.3. The summed E-state index contributed by atoms with van der Waals surface area (Å²) in [6.07, 6.45) is 4.31. The second kappa shape index (κ2) is 20.5. The quantitative estimate of drug-likeness (QED) is 0.181. The molecule has 6 nitrogen and oxygen atoms in total. The molecule has 2 N–H and O–H groups in total. The molecule has 0 aliphatic carbocycles. The molecule has 13 heteroatoms. The van der Waals surface area contributed by atoms with E-state index < -0.39 is 0 Å². The molecule has 2 aliphatic rings. The molecule has 33 heavy (non-hydrogen) atoms. The molecule has 0 bridgehead atoms. The van der Waals surface area contributed by atoms with Crippen molar-refractivity contribution in [3.8, 4) is 0 Å². The van der Waals surface area contributed by atoms with Crippen LogP contribution in [0.25, 0.3) is 0 Å². The monoisotopic (exact) mass is 591 g/mol. The van der Waals surface area contributed by atoms with Gasteiger partial charge in [0.25, 0.3) is 0 Å². The van der Waals surface area contributed by atoms with Crippen molar-refractivity contribution < 1.29 is 23.7 Å². The molecule has 0 atom stereocenters. The topological polar surface area (TPSA) is 72.2 Å². The average molecular weight is 592 g/mol. The third-order valence-electron chi connectivity index (χ3n) is 3.75. The van der Waals surface area contributed by atoms with Crippen LogP contribution in [-0.2, 0) is 23.7 Å². The van der Waals surface area contributed by atoms with Gasteiger partial charge < -0.3 is 29.4 Å². The predicted molar refractivity (Wildman–Crippen MR) is 155 cm³/mol. The normalized spacial score (nSPS) is 16.4. The van der Waals surface area contributed by atoms with Gasteiger partial charge in [-0.25, -0.2) is 0 Å². The summed E-state index contributed by atoms with van der Waals surface area (Å²) in [5.74, 6) is 0.951. The molecule has 2 heterocycles. The van der Waals surface area contributed by atoms with E-state index in [9.17, 15) is 0 Å². The minimum atomic E-state index is 0.540. The van der Waals surface area contributed by atoms with Gasteiger partial charge in [0.05, 0.1) is 87.3 Å². The molecular weight excluding hydrogens is 559 g/mol. The molecule has 2 aliphatic heterocycles. The van der Waals surface area contributed by atoms with Gasteiger partial charge in [-0.3, -0.25) is 0 Å². The summed E-state index contributed by atoms with van der Waals surface area (Å²) in [6, 6.07) is 0. The first-order chi connectivity index (χ1) is 16.3. The average Bonchev–Trinajstić information content (AvgIpc) is 3.47. The largest absolute Gasteiger partial charge is 0.378 e. The van der Waals surface area contributed by atoms with E-state index in [1.807, 2.05) is 82.3 Å². The summed E-state index contributed by atoms with van der Waals surface area (Å²) in [5.41, 5.74) is 5.33. The lowest BCUT2D eigenvalue weighted by Crippen LogP contribution is -2.15. The van der Waals surface area contributed by atoms with Gasteiger partial charge in [0.1, 0.15) is 0 Å². The summed E-state index contributed by atoms with van der Waals surface area (Å²) < 4.78 is 34.3. The molecular formula is C20H33NO5S7. The Morgan fingerprint density at radius 1 is 0.667 bits per heavy atom. The lowest BCUT2D eigenvalue weighted by Gasteiger charge is -2.08. The van der Waals surface area contributed by atoms with Gasteiger partial charge in [-0.2, -0.15) is 0 Å². The molecule has 0 saturated heterocycles. The summed E-state index contributed by atoms with van der Waals surface area (Å²) in [4.78, 5) is 0. The second-order valence-electron chi connectivity index (χ2n) is 6.12. The molecule has 0 aromatic carbocycles. The Kier molecular flexibility index (Phi) is 19.0. The first-order valence-electron chi connectivity index (χ1n) is 10.5. The van der Waals surface area contributed by atoms with Gasteiger partial charge in [-0.15, -0.1) is 35.3 Å². The minimum Gasteiger partial charge on any atom is -0.378 e. The Morgan fingerprint density at radius 2 is 1.15 bits per heavy atom. The summed E-state index contributed by atoms with van der Waals surface area (Å²) in [5, 5.41) is 2.26. The molecule has 0 amide bonds. The molecule has 0 saturated carbocycles. The van der Waals surface area contributed by atoms with Gasteiger partial charge in [-0.1, -0.05) is 47.0 Å². The number of rotatable bonds is 20. The number of hydrogen-bond acceptors (Lipinski definition) is 13. The number of ether oxygens (including phenoxy) is 5. The van der Waals surface area contributed by atoms with Gasteiger partial charge in [0, 0.05) is 12.3 Å². The van der Waals surface area contributed by atoms with Crippen LogP contribution in [0.1, 0.15) is 0 Å². The fraction of sp³-hybridized carbons (Fsp3) is 0.700. The van der Waals surface area contributed by atoms with E-state index >= 15 is 0 Å². The van der Waals surface area contributed by atoms with Gasteiger partial charge in [0.2, 0.25) is 0 Å². The van der Waals surface area contributed by atoms with Crippen LogP contribution >= 0.6 is 82.3 Å². The maximum atomic E-state index is 5.68. The summed E-state index contributed by atoms with van der Waals surface area (Å²) >= 11 is 13.1. The zero-order chi connectivity index (χ0) is 23.6. The lowest BCUT2D eigenvalue weighted by atomic mass is 10.7. The number of hydrogen-bond donors (Lipinski definition) is 1. The van der Waals surface area contributed by atoms with Crippen LogP contribution in [0, 0.1) is 0 Å². The Morgan fingerprint density at radius 3 is 1.64 bits per heavy atom. The van der Waals surface area contributed by atoms with Crippen molar-refractivity contribution in [3.05, 3.63) is 26.6 Å².